The standard InChI is InChI=1S/C19H19BrN4O2/c1-13-4-3-5-14(12-13)18-22-17(19(25)21-10-11-26-2)23-24(18)16-8-6-15(20)7-9-16/h3-9,12H,10-11H2,1-2H3,(H,21,25). The van der Waals surface area contributed by atoms with Gasteiger partial charge in [0.25, 0.3) is 5.91 Å². The van der Waals surface area contributed by atoms with Gasteiger partial charge in [-0.2, -0.15) is 0 Å². The second-order valence-corrected chi connectivity index (χ2v) is 6.68. The zero-order valence-electron chi connectivity index (χ0n) is 14.6. The highest BCUT2D eigenvalue weighted by atomic mass is 79.9. The third-order valence-electron chi connectivity index (χ3n) is 3.75. The molecule has 6 nitrogen and oxygen atoms in total. The molecule has 0 atom stereocenters. The van der Waals surface area contributed by atoms with Gasteiger partial charge >= 0.3 is 0 Å². The summed E-state index contributed by atoms with van der Waals surface area (Å²) in [6, 6.07) is 15.6. The van der Waals surface area contributed by atoms with E-state index in [4.69, 9.17) is 4.74 Å². The Balaban J connectivity index is 2.03. The van der Waals surface area contributed by atoms with Crippen LogP contribution in [0.4, 0.5) is 0 Å². The van der Waals surface area contributed by atoms with E-state index in [-0.39, 0.29) is 11.7 Å². The number of amides is 1. The van der Waals surface area contributed by atoms with Gasteiger partial charge in [0.15, 0.2) is 5.82 Å². The van der Waals surface area contributed by atoms with Gasteiger partial charge in [0.1, 0.15) is 0 Å². The number of benzene rings is 2. The zero-order valence-corrected chi connectivity index (χ0v) is 16.2. The first-order valence-corrected chi connectivity index (χ1v) is 8.95. The highest BCUT2D eigenvalue weighted by Gasteiger charge is 2.18. The second kappa shape index (κ2) is 8.25. The van der Waals surface area contributed by atoms with Gasteiger partial charge < -0.3 is 10.1 Å². The molecule has 0 unspecified atom stereocenters. The summed E-state index contributed by atoms with van der Waals surface area (Å²) in [7, 11) is 1.59. The van der Waals surface area contributed by atoms with Crippen molar-refractivity contribution in [3.05, 3.63) is 64.4 Å². The number of ether oxygens (including phenoxy) is 1. The van der Waals surface area contributed by atoms with Crippen molar-refractivity contribution in [1.29, 1.82) is 0 Å². The van der Waals surface area contributed by atoms with Crippen LogP contribution in [-0.2, 0) is 4.74 Å². The molecule has 1 aromatic heterocycles. The molecule has 134 valence electrons. The maximum atomic E-state index is 12.4. The molecule has 1 amide bonds. The molecule has 0 aliphatic rings. The van der Waals surface area contributed by atoms with Gasteiger partial charge in [0.05, 0.1) is 12.3 Å². The largest absolute Gasteiger partial charge is 0.383 e. The molecule has 7 heteroatoms. The topological polar surface area (TPSA) is 69.0 Å². The summed E-state index contributed by atoms with van der Waals surface area (Å²) in [5.74, 6) is 0.417. The Hall–Kier alpha value is -2.51. The summed E-state index contributed by atoms with van der Waals surface area (Å²) in [4.78, 5) is 16.8. The van der Waals surface area contributed by atoms with Crippen molar-refractivity contribution < 1.29 is 9.53 Å². The van der Waals surface area contributed by atoms with Crippen LogP contribution in [0.15, 0.2) is 53.0 Å². The van der Waals surface area contributed by atoms with Crippen LogP contribution < -0.4 is 5.32 Å². The Labute approximate surface area is 160 Å². The minimum atomic E-state index is -0.327. The van der Waals surface area contributed by atoms with E-state index < -0.39 is 0 Å². The van der Waals surface area contributed by atoms with Gasteiger partial charge in [0, 0.05) is 23.7 Å². The smallest absolute Gasteiger partial charge is 0.291 e. The number of aromatic nitrogens is 3. The van der Waals surface area contributed by atoms with Crippen LogP contribution in [0.1, 0.15) is 16.2 Å². The Morgan fingerprint density at radius 2 is 2.00 bits per heavy atom. The molecule has 2 aromatic carbocycles. The Morgan fingerprint density at radius 1 is 1.23 bits per heavy atom. The number of methoxy groups -OCH3 is 1. The SMILES string of the molecule is COCCNC(=O)c1nc(-c2cccc(C)c2)n(-c2ccc(Br)cc2)n1. The molecule has 0 fully saturated rings. The Kier molecular flexibility index (Phi) is 5.80. The fraction of sp³-hybridized carbons (Fsp3) is 0.211. The Bertz CT molecular complexity index is 906. The zero-order chi connectivity index (χ0) is 18.5. The lowest BCUT2D eigenvalue weighted by Gasteiger charge is -2.06. The van der Waals surface area contributed by atoms with Crippen molar-refractivity contribution in [2.24, 2.45) is 0 Å². The lowest BCUT2D eigenvalue weighted by molar-refractivity contribution is 0.0927. The van der Waals surface area contributed by atoms with E-state index in [1.54, 1.807) is 11.8 Å². The third kappa shape index (κ3) is 4.17. The molecule has 1 N–H and O–H groups in total. The van der Waals surface area contributed by atoms with E-state index in [2.05, 4.69) is 31.3 Å². The van der Waals surface area contributed by atoms with Crippen molar-refractivity contribution >= 4 is 21.8 Å². The number of carbonyl (C=O) groups is 1. The number of nitrogens with zero attached hydrogens (tertiary/aromatic N) is 3. The van der Waals surface area contributed by atoms with Crippen LogP contribution in [0.25, 0.3) is 17.1 Å². The second-order valence-electron chi connectivity index (χ2n) is 5.77. The van der Waals surface area contributed by atoms with Gasteiger partial charge in [-0.25, -0.2) is 9.67 Å². The molecule has 1 heterocycles. The summed E-state index contributed by atoms with van der Waals surface area (Å²) < 4.78 is 7.61. The van der Waals surface area contributed by atoms with Gasteiger partial charge in [-0.05, 0) is 37.3 Å². The molecule has 0 bridgehead atoms. The van der Waals surface area contributed by atoms with Crippen molar-refractivity contribution in [3.8, 4) is 17.1 Å². The van der Waals surface area contributed by atoms with Gasteiger partial charge in [-0.15, -0.1) is 5.10 Å². The number of aryl methyl sites for hydroxylation is 1. The monoisotopic (exact) mass is 414 g/mol. The molecule has 0 saturated carbocycles. The molecule has 0 spiro atoms. The fourth-order valence-corrected chi connectivity index (χ4v) is 2.75. The number of hydrogen-bond acceptors (Lipinski definition) is 4. The first kappa shape index (κ1) is 18.3. The van der Waals surface area contributed by atoms with Crippen LogP contribution in [-0.4, -0.2) is 40.9 Å². The Morgan fingerprint density at radius 3 is 2.69 bits per heavy atom. The maximum Gasteiger partial charge on any atom is 0.291 e. The van der Waals surface area contributed by atoms with E-state index >= 15 is 0 Å². The fourth-order valence-electron chi connectivity index (χ4n) is 2.49. The normalized spacial score (nSPS) is 10.7. The minimum absolute atomic E-state index is 0.125. The predicted molar refractivity (Wildman–Crippen MR) is 103 cm³/mol. The molecule has 0 saturated heterocycles. The minimum Gasteiger partial charge on any atom is -0.383 e. The van der Waals surface area contributed by atoms with Crippen molar-refractivity contribution in [2.45, 2.75) is 6.92 Å². The summed E-state index contributed by atoms with van der Waals surface area (Å²) in [5, 5.41) is 7.19. The van der Waals surface area contributed by atoms with Crippen LogP contribution in [0.2, 0.25) is 0 Å². The molecule has 3 aromatic rings. The molecular formula is C19H19BrN4O2. The highest BCUT2D eigenvalue weighted by molar-refractivity contribution is 9.10. The van der Waals surface area contributed by atoms with Crippen LogP contribution in [0, 0.1) is 6.92 Å². The maximum absolute atomic E-state index is 12.4. The van der Waals surface area contributed by atoms with Crippen molar-refractivity contribution in [1.82, 2.24) is 20.1 Å². The molecule has 0 radical (unpaired) electrons. The van der Waals surface area contributed by atoms with Gasteiger partial charge in [-0.3, -0.25) is 4.79 Å². The number of hydrogen-bond donors (Lipinski definition) is 1. The number of rotatable bonds is 6. The van der Waals surface area contributed by atoms with E-state index in [0.717, 1.165) is 21.3 Å². The van der Waals surface area contributed by atoms with Crippen LogP contribution in [0.5, 0.6) is 0 Å². The van der Waals surface area contributed by atoms with E-state index in [1.165, 1.54) is 0 Å². The summed E-state index contributed by atoms with van der Waals surface area (Å²) in [6.07, 6.45) is 0. The lowest BCUT2D eigenvalue weighted by Crippen LogP contribution is -2.28. The van der Waals surface area contributed by atoms with E-state index in [0.29, 0.717) is 19.0 Å². The lowest BCUT2D eigenvalue weighted by atomic mass is 10.1. The van der Waals surface area contributed by atoms with Crippen LogP contribution >= 0.6 is 15.9 Å². The predicted octanol–water partition coefficient (Wildman–Crippen LogP) is 3.38. The quantitative estimate of drug-likeness (QED) is 0.627. The van der Waals surface area contributed by atoms with Crippen LogP contribution in [0.3, 0.4) is 0 Å². The summed E-state index contributed by atoms with van der Waals surface area (Å²) >= 11 is 3.43. The average molecular weight is 415 g/mol. The number of halogens is 1. The molecule has 0 aliphatic heterocycles. The van der Waals surface area contributed by atoms with Crippen molar-refractivity contribution in [2.75, 3.05) is 20.3 Å². The molecular weight excluding hydrogens is 396 g/mol. The highest BCUT2D eigenvalue weighted by Crippen LogP contribution is 2.23. The molecule has 26 heavy (non-hydrogen) atoms. The first-order chi connectivity index (χ1) is 12.6. The van der Waals surface area contributed by atoms with E-state index in [9.17, 15) is 4.79 Å². The summed E-state index contributed by atoms with van der Waals surface area (Å²) in [5.41, 5.74) is 2.84. The average Bonchev–Trinajstić information content (AvgIpc) is 3.08. The molecule has 3 rings (SSSR count). The third-order valence-corrected chi connectivity index (χ3v) is 4.28. The van der Waals surface area contributed by atoms with E-state index in [1.807, 2.05) is 55.5 Å². The van der Waals surface area contributed by atoms with Gasteiger partial charge in [-0.1, -0.05) is 39.7 Å². The van der Waals surface area contributed by atoms with Crippen molar-refractivity contribution in [3.63, 3.8) is 0 Å². The first-order valence-electron chi connectivity index (χ1n) is 8.15. The van der Waals surface area contributed by atoms with Gasteiger partial charge in [0.2, 0.25) is 5.82 Å². The summed E-state index contributed by atoms with van der Waals surface area (Å²) in [6.45, 7) is 2.86. The number of nitrogens with one attached hydrogen (secondary N) is 1. The molecule has 0 aliphatic carbocycles. The number of carbonyl (C=O) groups excluding carboxylic acids is 1.